The minimum absolute atomic E-state index is 0.713. The molecule has 4 rings (SSSR count). The second-order valence-electron chi connectivity index (χ2n) is 7.67. The third kappa shape index (κ3) is 4.50. The lowest BCUT2D eigenvalue weighted by atomic mass is 9.83. The van der Waals surface area contributed by atoms with E-state index in [9.17, 15) is 0 Å². The summed E-state index contributed by atoms with van der Waals surface area (Å²) in [5.74, 6) is 0.713. The minimum Gasteiger partial charge on any atom is -0.252 e. The van der Waals surface area contributed by atoms with Crippen LogP contribution in [0.4, 0.5) is 5.13 Å². The highest BCUT2D eigenvalue weighted by molar-refractivity contribution is 7.14. The highest BCUT2D eigenvalue weighted by Gasteiger charge is 2.16. The molecule has 4 heteroatoms. The zero-order chi connectivity index (χ0) is 19.3. The predicted octanol–water partition coefficient (Wildman–Crippen LogP) is 7.00. The van der Waals surface area contributed by atoms with Crippen LogP contribution in [0.5, 0.6) is 0 Å². The highest BCUT2D eigenvalue weighted by atomic mass is 32.1. The molecule has 144 valence electrons. The van der Waals surface area contributed by atoms with E-state index in [4.69, 9.17) is 0 Å². The maximum Gasteiger partial charge on any atom is 0.203 e. The lowest BCUT2D eigenvalue weighted by Gasteiger charge is -2.22. The molecule has 3 nitrogen and oxygen atoms in total. The monoisotopic (exact) mass is 389 g/mol. The second-order valence-corrected chi connectivity index (χ2v) is 8.53. The van der Waals surface area contributed by atoms with Crippen molar-refractivity contribution in [1.82, 2.24) is 4.98 Å². The van der Waals surface area contributed by atoms with Crippen molar-refractivity contribution < 1.29 is 0 Å². The fourth-order valence-electron chi connectivity index (χ4n) is 3.83. The van der Waals surface area contributed by atoms with Gasteiger partial charge in [0, 0.05) is 10.9 Å². The van der Waals surface area contributed by atoms with Gasteiger partial charge in [-0.3, -0.25) is 5.43 Å². The smallest absolute Gasteiger partial charge is 0.203 e. The van der Waals surface area contributed by atoms with Crippen molar-refractivity contribution in [1.29, 1.82) is 0 Å². The topological polar surface area (TPSA) is 37.3 Å². The Labute approximate surface area is 171 Å². The molecule has 0 spiro atoms. The van der Waals surface area contributed by atoms with Crippen LogP contribution in [0.3, 0.4) is 0 Å². The van der Waals surface area contributed by atoms with Crippen LogP contribution < -0.4 is 5.43 Å². The molecule has 1 aromatic heterocycles. The first-order chi connectivity index (χ1) is 13.7. The van der Waals surface area contributed by atoms with Gasteiger partial charge in [0.25, 0.3) is 0 Å². The molecule has 1 N–H and O–H groups in total. The summed E-state index contributed by atoms with van der Waals surface area (Å²) >= 11 is 1.58. The van der Waals surface area contributed by atoms with Gasteiger partial charge in [-0.15, -0.1) is 11.3 Å². The number of nitrogens with one attached hydrogen (secondary N) is 1. The normalized spacial score (nSPS) is 15.6. The summed E-state index contributed by atoms with van der Waals surface area (Å²) in [6.07, 6.45) is 6.74. The Hall–Kier alpha value is -2.46. The number of nitrogens with zero attached hydrogens (tertiary/aromatic N) is 2. The van der Waals surface area contributed by atoms with Crippen LogP contribution in [0.2, 0.25) is 0 Å². The number of hydrogen-bond acceptors (Lipinski definition) is 4. The average molecular weight is 390 g/mol. The molecule has 28 heavy (non-hydrogen) atoms. The van der Waals surface area contributed by atoms with Gasteiger partial charge in [-0.05, 0) is 49.8 Å². The van der Waals surface area contributed by atoms with Crippen molar-refractivity contribution >= 4 is 22.2 Å². The summed E-state index contributed by atoms with van der Waals surface area (Å²) < 4.78 is 0. The molecule has 1 fully saturated rings. The number of rotatable bonds is 5. The quantitative estimate of drug-likeness (QED) is 0.377. The zero-order valence-corrected chi connectivity index (χ0v) is 17.4. The van der Waals surface area contributed by atoms with Crippen LogP contribution in [0.25, 0.3) is 11.3 Å². The molecule has 1 aliphatic rings. The molecule has 0 aliphatic heterocycles. The SMILES string of the molecule is C/C(=N/Nc1nc(-c2ccc(C)cc2)cs1)c1cccc(C2CCCCC2)c1. The van der Waals surface area contributed by atoms with Crippen LogP contribution in [-0.2, 0) is 0 Å². The third-order valence-corrected chi connectivity index (χ3v) is 6.30. The van der Waals surface area contributed by atoms with E-state index >= 15 is 0 Å². The molecule has 2 aromatic carbocycles. The summed E-state index contributed by atoms with van der Waals surface area (Å²) in [6, 6.07) is 17.3. The van der Waals surface area contributed by atoms with Gasteiger partial charge in [-0.2, -0.15) is 5.10 Å². The first-order valence-electron chi connectivity index (χ1n) is 10.1. The fraction of sp³-hybridized carbons (Fsp3) is 0.333. The Morgan fingerprint density at radius 1 is 1.07 bits per heavy atom. The minimum atomic E-state index is 0.713. The third-order valence-electron chi connectivity index (χ3n) is 5.55. The van der Waals surface area contributed by atoms with Gasteiger partial charge in [0.1, 0.15) is 0 Å². The summed E-state index contributed by atoms with van der Waals surface area (Å²) in [4.78, 5) is 4.67. The molecular formula is C24H27N3S. The molecule has 0 atom stereocenters. The van der Waals surface area contributed by atoms with Gasteiger partial charge >= 0.3 is 0 Å². The second kappa shape index (κ2) is 8.70. The van der Waals surface area contributed by atoms with Crippen LogP contribution in [0.1, 0.15) is 61.6 Å². The van der Waals surface area contributed by atoms with Crippen molar-refractivity contribution in [3.63, 3.8) is 0 Å². The first kappa shape index (κ1) is 18.9. The molecule has 0 radical (unpaired) electrons. The van der Waals surface area contributed by atoms with E-state index in [1.807, 2.05) is 0 Å². The van der Waals surface area contributed by atoms with E-state index < -0.39 is 0 Å². The number of hydrogen-bond donors (Lipinski definition) is 1. The standard InChI is InChI=1S/C24H27N3S/c1-17-11-13-20(14-12-17)23-16-28-24(25-23)27-26-18(2)21-9-6-10-22(15-21)19-7-4-3-5-8-19/h6,9-16,19H,3-5,7-8H2,1-2H3,(H,25,27)/b26-18-. The van der Waals surface area contributed by atoms with E-state index in [0.717, 1.165) is 22.1 Å². The van der Waals surface area contributed by atoms with E-state index in [-0.39, 0.29) is 0 Å². The fourth-order valence-corrected chi connectivity index (χ4v) is 4.49. The molecule has 1 saturated carbocycles. The Kier molecular flexibility index (Phi) is 5.87. The zero-order valence-electron chi connectivity index (χ0n) is 16.6. The van der Waals surface area contributed by atoms with Crippen molar-refractivity contribution in [3.05, 3.63) is 70.6 Å². The largest absolute Gasteiger partial charge is 0.252 e. The lowest BCUT2D eigenvalue weighted by Crippen LogP contribution is -2.06. The van der Waals surface area contributed by atoms with Gasteiger partial charge < -0.3 is 0 Å². The van der Waals surface area contributed by atoms with Crippen LogP contribution in [0.15, 0.2) is 59.0 Å². The molecule has 0 bridgehead atoms. The van der Waals surface area contributed by atoms with Crippen molar-refractivity contribution in [2.75, 3.05) is 5.43 Å². The predicted molar refractivity (Wildman–Crippen MR) is 120 cm³/mol. The summed E-state index contributed by atoms with van der Waals surface area (Å²) in [6.45, 7) is 4.15. The molecule has 0 unspecified atom stereocenters. The molecule has 1 heterocycles. The van der Waals surface area contributed by atoms with E-state index in [1.54, 1.807) is 11.3 Å². The van der Waals surface area contributed by atoms with E-state index in [2.05, 4.69) is 83.3 Å². The van der Waals surface area contributed by atoms with Gasteiger partial charge in [-0.25, -0.2) is 4.98 Å². The lowest BCUT2D eigenvalue weighted by molar-refractivity contribution is 0.443. The van der Waals surface area contributed by atoms with Crippen molar-refractivity contribution in [2.45, 2.75) is 51.9 Å². The highest BCUT2D eigenvalue weighted by Crippen LogP contribution is 2.33. The first-order valence-corrected chi connectivity index (χ1v) is 11.0. The van der Waals surface area contributed by atoms with Gasteiger partial charge in [0.05, 0.1) is 11.4 Å². The van der Waals surface area contributed by atoms with Gasteiger partial charge in [-0.1, -0.05) is 67.3 Å². The van der Waals surface area contributed by atoms with Crippen molar-refractivity contribution in [3.8, 4) is 11.3 Å². The van der Waals surface area contributed by atoms with Crippen LogP contribution in [0, 0.1) is 6.92 Å². The molecule has 1 aliphatic carbocycles. The number of hydrazone groups is 1. The summed E-state index contributed by atoms with van der Waals surface area (Å²) in [7, 11) is 0. The number of benzene rings is 2. The number of aromatic nitrogens is 1. The molecular weight excluding hydrogens is 362 g/mol. The molecule has 0 amide bonds. The Morgan fingerprint density at radius 2 is 1.86 bits per heavy atom. The molecule has 3 aromatic rings. The maximum atomic E-state index is 4.67. The number of aryl methyl sites for hydroxylation is 1. The summed E-state index contributed by atoms with van der Waals surface area (Å²) in [5.41, 5.74) is 10.2. The Balaban J connectivity index is 1.45. The summed E-state index contributed by atoms with van der Waals surface area (Å²) in [5, 5.41) is 7.48. The molecule has 0 saturated heterocycles. The van der Waals surface area contributed by atoms with Crippen LogP contribution in [-0.4, -0.2) is 10.7 Å². The van der Waals surface area contributed by atoms with E-state index in [1.165, 1.54) is 48.8 Å². The van der Waals surface area contributed by atoms with E-state index in [0.29, 0.717) is 5.92 Å². The maximum absolute atomic E-state index is 4.67. The van der Waals surface area contributed by atoms with Gasteiger partial charge in [0.15, 0.2) is 0 Å². The van der Waals surface area contributed by atoms with Gasteiger partial charge in [0.2, 0.25) is 5.13 Å². The van der Waals surface area contributed by atoms with Crippen LogP contribution >= 0.6 is 11.3 Å². The number of anilines is 1. The Morgan fingerprint density at radius 3 is 2.64 bits per heavy atom. The van der Waals surface area contributed by atoms with Crippen molar-refractivity contribution in [2.24, 2.45) is 5.10 Å². The number of thiazole rings is 1. The Bertz CT molecular complexity index is 950. The average Bonchev–Trinajstić information content (AvgIpc) is 3.22.